The zero-order chi connectivity index (χ0) is 15.3. The number of carboxylic acids is 1. The molecule has 2 unspecified atom stereocenters. The summed E-state index contributed by atoms with van der Waals surface area (Å²) in [5.74, 6) is -0.684. The van der Waals surface area contributed by atoms with Crippen molar-refractivity contribution in [2.24, 2.45) is 5.92 Å². The molecule has 0 aliphatic rings. The van der Waals surface area contributed by atoms with Gasteiger partial charge < -0.3 is 9.84 Å². The van der Waals surface area contributed by atoms with Crippen LogP contribution in [0, 0.1) is 11.7 Å². The molecule has 5 heteroatoms. The molecule has 20 heavy (non-hydrogen) atoms. The largest absolute Gasteiger partial charge is 0.496 e. The van der Waals surface area contributed by atoms with Gasteiger partial charge in [0.05, 0.1) is 7.11 Å². The molecule has 0 aromatic heterocycles. The molecule has 1 rings (SSSR count). The van der Waals surface area contributed by atoms with Crippen LogP contribution in [-0.4, -0.2) is 24.2 Å². The highest BCUT2D eigenvalue weighted by atomic mass is 19.1. The standard InChI is InChI=1S/C15H22FNO3/c1-9(2)8-12(15(18)19)17-10(3)14-11(16)6-5-7-13(14)20-4/h5-7,9-10,12,17H,8H2,1-4H3,(H,18,19). The van der Waals surface area contributed by atoms with E-state index in [1.54, 1.807) is 19.1 Å². The number of hydrogen-bond donors (Lipinski definition) is 2. The van der Waals surface area contributed by atoms with Gasteiger partial charge in [-0.25, -0.2) is 4.39 Å². The number of methoxy groups -OCH3 is 1. The third-order valence-corrected chi connectivity index (χ3v) is 3.12. The Bertz CT molecular complexity index is 462. The van der Waals surface area contributed by atoms with Gasteiger partial charge in [-0.15, -0.1) is 0 Å². The number of nitrogens with one attached hydrogen (secondary N) is 1. The lowest BCUT2D eigenvalue weighted by atomic mass is 10.0. The number of aliphatic carboxylic acids is 1. The fraction of sp³-hybridized carbons (Fsp3) is 0.533. The molecule has 0 saturated carbocycles. The fourth-order valence-electron chi connectivity index (χ4n) is 2.21. The summed E-state index contributed by atoms with van der Waals surface area (Å²) in [6.07, 6.45) is 0.483. The van der Waals surface area contributed by atoms with Crippen LogP contribution in [0.25, 0.3) is 0 Å². The highest BCUT2D eigenvalue weighted by Crippen LogP contribution is 2.28. The molecule has 0 bridgehead atoms. The third-order valence-electron chi connectivity index (χ3n) is 3.12. The number of halogens is 1. The smallest absolute Gasteiger partial charge is 0.320 e. The van der Waals surface area contributed by atoms with Crippen molar-refractivity contribution in [3.63, 3.8) is 0 Å². The SMILES string of the molecule is COc1cccc(F)c1C(C)NC(CC(C)C)C(=O)O. The maximum atomic E-state index is 13.9. The van der Waals surface area contributed by atoms with Crippen LogP contribution < -0.4 is 10.1 Å². The minimum Gasteiger partial charge on any atom is -0.496 e. The molecule has 0 heterocycles. The number of rotatable bonds is 7. The number of carbonyl (C=O) groups is 1. The van der Waals surface area contributed by atoms with Crippen LogP contribution in [0.4, 0.5) is 4.39 Å². The van der Waals surface area contributed by atoms with Gasteiger partial charge in [-0.1, -0.05) is 19.9 Å². The lowest BCUT2D eigenvalue weighted by Gasteiger charge is -2.23. The predicted molar refractivity (Wildman–Crippen MR) is 75.4 cm³/mol. The van der Waals surface area contributed by atoms with Crippen molar-refractivity contribution in [2.75, 3.05) is 7.11 Å². The quantitative estimate of drug-likeness (QED) is 0.807. The average Bonchev–Trinajstić information content (AvgIpc) is 2.36. The van der Waals surface area contributed by atoms with Crippen LogP contribution in [-0.2, 0) is 4.79 Å². The number of ether oxygens (including phenoxy) is 1. The molecule has 0 fully saturated rings. The second-order valence-corrected chi connectivity index (χ2v) is 5.26. The first-order chi connectivity index (χ1) is 9.36. The van der Waals surface area contributed by atoms with E-state index < -0.39 is 23.9 Å². The molecule has 1 aromatic carbocycles. The Kier molecular flexibility index (Phi) is 5.95. The highest BCUT2D eigenvalue weighted by molar-refractivity contribution is 5.73. The van der Waals surface area contributed by atoms with Gasteiger partial charge in [0.2, 0.25) is 0 Å². The summed E-state index contributed by atoms with van der Waals surface area (Å²) in [6, 6.07) is 3.40. The molecule has 2 atom stereocenters. The number of benzene rings is 1. The molecule has 1 aromatic rings. The second-order valence-electron chi connectivity index (χ2n) is 5.26. The minimum atomic E-state index is -0.930. The van der Waals surface area contributed by atoms with E-state index in [-0.39, 0.29) is 5.92 Å². The third kappa shape index (κ3) is 4.20. The van der Waals surface area contributed by atoms with Gasteiger partial charge in [-0.3, -0.25) is 10.1 Å². The summed E-state index contributed by atoms with van der Waals surface area (Å²) in [6.45, 7) is 5.63. The zero-order valence-electron chi connectivity index (χ0n) is 12.3. The van der Waals surface area contributed by atoms with Crippen molar-refractivity contribution in [1.82, 2.24) is 5.32 Å². The Hall–Kier alpha value is -1.62. The van der Waals surface area contributed by atoms with Crippen molar-refractivity contribution in [3.8, 4) is 5.75 Å². The fourth-order valence-corrected chi connectivity index (χ4v) is 2.21. The van der Waals surface area contributed by atoms with E-state index in [4.69, 9.17) is 4.74 Å². The molecule has 0 aliphatic carbocycles. The molecule has 112 valence electrons. The Balaban J connectivity index is 2.94. The van der Waals surface area contributed by atoms with Crippen LogP contribution in [0.3, 0.4) is 0 Å². The van der Waals surface area contributed by atoms with Gasteiger partial charge in [0.25, 0.3) is 0 Å². The van der Waals surface area contributed by atoms with Crippen molar-refractivity contribution in [3.05, 3.63) is 29.6 Å². The van der Waals surface area contributed by atoms with E-state index in [1.807, 2.05) is 13.8 Å². The Morgan fingerprint density at radius 2 is 2.05 bits per heavy atom. The van der Waals surface area contributed by atoms with Crippen LogP contribution in [0.15, 0.2) is 18.2 Å². The topological polar surface area (TPSA) is 58.6 Å². The molecule has 4 nitrogen and oxygen atoms in total. The lowest BCUT2D eigenvalue weighted by molar-refractivity contribution is -0.140. The summed E-state index contributed by atoms with van der Waals surface area (Å²) in [5, 5.41) is 12.2. The molecule has 0 amide bonds. The molecule has 0 radical (unpaired) electrons. The molecular formula is C15H22FNO3. The van der Waals surface area contributed by atoms with Crippen LogP contribution in [0.5, 0.6) is 5.75 Å². The van der Waals surface area contributed by atoms with Gasteiger partial charge in [0.1, 0.15) is 17.6 Å². The molecule has 0 saturated heterocycles. The first-order valence-electron chi connectivity index (χ1n) is 6.68. The summed E-state index contributed by atoms with van der Waals surface area (Å²) in [7, 11) is 1.47. The number of carboxylic acid groups (broad SMARTS) is 1. The maximum Gasteiger partial charge on any atom is 0.320 e. The van der Waals surface area contributed by atoms with E-state index in [0.717, 1.165) is 0 Å². The van der Waals surface area contributed by atoms with E-state index in [1.165, 1.54) is 13.2 Å². The second kappa shape index (κ2) is 7.24. The zero-order valence-corrected chi connectivity index (χ0v) is 12.3. The van der Waals surface area contributed by atoms with Gasteiger partial charge in [0.15, 0.2) is 0 Å². The first-order valence-corrected chi connectivity index (χ1v) is 6.68. The van der Waals surface area contributed by atoms with Gasteiger partial charge in [0, 0.05) is 11.6 Å². The van der Waals surface area contributed by atoms with E-state index in [2.05, 4.69) is 5.32 Å². The van der Waals surface area contributed by atoms with Gasteiger partial charge in [-0.2, -0.15) is 0 Å². The molecule has 2 N–H and O–H groups in total. The molecular weight excluding hydrogens is 261 g/mol. The number of hydrogen-bond acceptors (Lipinski definition) is 3. The van der Waals surface area contributed by atoms with Crippen LogP contribution >= 0.6 is 0 Å². The monoisotopic (exact) mass is 283 g/mol. The Morgan fingerprint density at radius 1 is 1.40 bits per heavy atom. The summed E-state index contributed by atoms with van der Waals surface area (Å²) >= 11 is 0. The van der Waals surface area contributed by atoms with Gasteiger partial charge in [-0.05, 0) is 31.4 Å². The summed E-state index contributed by atoms with van der Waals surface area (Å²) < 4.78 is 19.1. The normalized spacial score (nSPS) is 14.1. The Morgan fingerprint density at radius 3 is 2.55 bits per heavy atom. The summed E-state index contributed by atoms with van der Waals surface area (Å²) in [4.78, 5) is 11.3. The molecule has 0 spiro atoms. The van der Waals surface area contributed by atoms with E-state index in [9.17, 15) is 14.3 Å². The first kappa shape index (κ1) is 16.4. The lowest BCUT2D eigenvalue weighted by Crippen LogP contribution is -2.39. The van der Waals surface area contributed by atoms with Crippen molar-refractivity contribution in [2.45, 2.75) is 39.3 Å². The Labute approximate surface area is 119 Å². The van der Waals surface area contributed by atoms with Crippen LogP contribution in [0.1, 0.15) is 38.8 Å². The maximum absolute atomic E-state index is 13.9. The predicted octanol–water partition coefficient (Wildman–Crippen LogP) is 2.98. The summed E-state index contributed by atoms with van der Waals surface area (Å²) in [5.41, 5.74) is 0.352. The van der Waals surface area contributed by atoms with E-state index >= 15 is 0 Å². The highest BCUT2D eigenvalue weighted by Gasteiger charge is 2.24. The van der Waals surface area contributed by atoms with Crippen molar-refractivity contribution >= 4 is 5.97 Å². The van der Waals surface area contributed by atoms with Crippen LogP contribution in [0.2, 0.25) is 0 Å². The average molecular weight is 283 g/mol. The van der Waals surface area contributed by atoms with Crippen molar-refractivity contribution < 1.29 is 19.0 Å². The molecule has 0 aliphatic heterocycles. The van der Waals surface area contributed by atoms with Crippen molar-refractivity contribution in [1.29, 1.82) is 0 Å². The van der Waals surface area contributed by atoms with Gasteiger partial charge >= 0.3 is 5.97 Å². The minimum absolute atomic E-state index is 0.235. The van der Waals surface area contributed by atoms with E-state index in [0.29, 0.717) is 17.7 Å².